The number of nitrogens with one attached hydrogen (secondary N) is 1. The summed E-state index contributed by atoms with van der Waals surface area (Å²) in [7, 11) is 0. The van der Waals surface area contributed by atoms with Gasteiger partial charge in [-0.2, -0.15) is 0 Å². The molecule has 1 nitrogen and oxygen atoms in total. The molecule has 0 amide bonds. The molecule has 3 heteroatoms. The van der Waals surface area contributed by atoms with Crippen LogP contribution in [0.2, 0.25) is 5.02 Å². The molecule has 0 saturated heterocycles. The van der Waals surface area contributed by atoms with Gasteiger partial charge in [0.15, 0.2) is 0 Å². The normalized spacial score (nSPS) is 12.3. The van der Waals surface area contributed by atoms with E-state index < -0.39 is 0 Å². The van der Waals surface area contributed by atoms with Crippen molar-refractivity contribution in [3.63, 3.8) is 0 Å². The first kappa shape index (κ1) is 15.0. The maximum atomic E-state index is 12.9. The lowest BCUT2D eigenvalue weighted by atomic mass is 9.98. The van der Waals surface area contributed by atoms with Crippen LogP contribution in [-0.2, 0) is 6.54 Å². The highest BCUT2D eigenvalue weighted by molar-refractivity contribution is 6.31. The zero-order valence-electron chi connectivity index (χ0n) is 11.6. The standard InChI is InChI=1S/C17H19ClFN/c1-13(14-5-3-2-4-6-14)9-10-20-12-15-7-8-16(19)11-17(15)18/h2-8,11,13,20H,9-10,12H2,1H3. The molecule has 0 spiro atoms. The van der Waals surface area contributed by atoms with Crippen LogP contribution in [0.5, 0.6) is 0 Å². The SMILES string of the molecule is CC(CCNCc1ccc(F)cc1Cl)c1ccccc1. The zero-order chi connectivity index (χ0) is 14.4. The monoisotopic (exact) mass is 291 g/mol. The van der Waals surface area contributed by atoms with Gasteiger partial charge in [-0.15, -0.1) is 0 Å². The summed E-state index contributed by atoms with van der Waals surface area (Å²) in [5.41, 5.74) is 2.29. The summed E-state index contributed by atoms with van der Waals surface area (Å²) in [4.78, 5) is 0. The molecule has 1 unspecified atom stereocenters. The second kappa shape index (κ2) is 7.41. The smallest absolute Gasteiger partial charge is 0.124 e. The van der Waals surface area contributed by atoms with Gasteiger partial charge in [0.05, 0.1) is 0 Å². The van der Waals surface area contributed by atoms with Crippen molar-refractivity contribution in [1.29, 1.82) is 0 Å². The van der Waals surface area contributed by atoms with Crippen molar-refractivity contribution in [2.45, 2.75) is 25.8 Å². The molecule has 106 valence electrons. The molecule has 0 aliphatic rings. The molecule has 0 saturated carbocycles. The number of hydrogen-bond acceptors (Lipinski definition) is 1. The Hall–Kier alpha value is -1.38. The molecule has 1 atom stereocenters. The van der Waals surface area contributed by atoms with Gasteiger partial charge in [-0.1, -0.05) is 54.9 Å². The molecule has 20 heavy (non-hydrogen) atoms. The van der Waals surface area contributed by atoms with E-state index in [1.165, 1.54) is 17.7 Å². The topological polar surface area (TPSA) is 12.0 Å². The number of benzene rings is 2. The summed E-state index contributed by atoms with van der Waals surface area (Å²) in [5.74, 6) is 0.226. The Labute approximate surface area is 124 Å². The Balaban J connectivity index is 1.76. The van der Waals surface area contributed by atoms with Gasteiger partial charge in [0.1, 0.15) is 5.82 Å². The third kappa shape index (κ3) is 4.32. The van der Waals surface area contributed by atoms with Crippen molar-refractivity contribution in [3.8, 4) is 0 Å². The van der Waals surface area contributed by atoms with E-state index in [4.69, 9.17) is 11.6 Å². The van der Waals surface area contributed by atoms with E-state index in [9.17, 15) is 4.39 Å². The average Bonchev–Trinajstić information content (AvgIpc) is 2.46. The van der Waals surface area contributed by atoms with E-state index in [1.54, 1.807) is 6.07 Å². The minimum absolute atomic E-state index is 0.295. The molecule has 0 bridgehead atoms. The largest absolute Gasteiger partial charge is 0.313 e. The maximum absolute atomic E-state index is 12.9. The van der Waals surface area contributed by atoms with Crippen LogP contribution in [0.3, 0.4) is 0 Å². The highest BCUT2D eigenvalue weighted by Crippen LogP contribution is 2.19. The first-order chi connectivity index (χ1) is 9.66. The fraction of sp³-hybridized carbons (Fsp3) is 0.294. The van der Waals surface area contributed by atoms with Gasteiger partial charge in [0.2, 0.25) is 0 Å². The molecule has 0 heterocycles. The van der Waals surface area contributed by atoms with Crippen molar-refractivity contribution in [2.24, 2.45) is 0 Å². The average molecular weight is 292 g/mol. The Morgan fingerprint density at radius 1 is 1.15 bits per heavy atom. The minimum atomic E-state index is -0.295. The quantitative estimate of drug-likeness (QED) is 0.757. The third-order valence-electron chi connectivity index (χ3n) is 3.45. The minimum Gasteiger partial charge on any atom is -0.313 e. The number of rotatable bonds is 6. The molecule has 2 rings (SSSR count). The predicted molar refractivity (Wildman–Crippen MR) is 82.6 cm³/mol. The van der Waals surface area contributed by atoms with Crippen LogP contribution in [0.4, 0.5) is 4.39 Å². The zero-order valence-corrected chi connectivity index (χ0v) is 12.3. The molecule has 0 fully saturated rings. The molecule has 0 aromatic heterocycles. The van der Waals surface area contributed by atoms with Crippen molar-refractivity contribution in [3.05, 3.63) is 70.5 Å². The summed E-state index contributed by atoms with van der Waals surface area (Å²) in [6, 6.07) is 15.0. The van der Waals surface area contributed by atoms with Gasteiger partial charge in [-0.05, 0) is 42.1 Å². The summed E-state index contributed by atoms with van der Waals surface area (Å²) >= 11 is 5.99. The molecule has 0 aliphatic heterocycles. The third-order valence-corrected chi connectivity index (χ3v) is 3.81. The van der Waals surface area contributed by atoms with E-state index in [2.05, 4.69) is 36.5 Å². The van der Waals surface area contributed by atoms with Crippen LogP contribution in [0.15, 0.2) is 48.5 Å². The van der Waals surface area contributed by atoms with Crippen LogP contribution >= 0.6 is 11.6 Å². The Morgan fingerprint density at radius 3 is 2.60 bits per heavy atom. The van der Waals surface area contributed by atoms with Crippen LogP contribution in [0, 0.1) is 5.82 Å². The molecule has 2 aromatic carbocycles. The van der Waals surface area contributed by atoms with Gasteiger partial charge in [-0.3, -0.25) is 0 Å². The van der Waals surface area contributed by atoms with Crippen LogP contribution in [-0.4, -0.2) is 6.54 Å². The van der Waals surface area contributed by atoms with Crippen molar-refractivity contribution in [1.82, 2.24) is 5.32 Å². The molecular weight excluding hydrogens is 273 g/mol. The van der Waals surface area contributed by atoms with Crippen LogP contribution in [0.1, 0.15) is 30.4 Å². The van der Waals surface area contributed by atoms with Crippen molar-refractivity contribution < 1.29 is 4.39 Å². The highest BCUT2D eigenvalue weighted by atomic mass is 35.5. The molecular formula is C17H19ClFN. The van der Waals surface area contributed by atoms with Gasteiger partial charge < -0.3 is 5.32 Å². The predicted octanol–water partition coefficient (Wildman–Crippen LogP) is 4.76. The van der Waals surface area contributed by atoms with Gasteiger partial charge in [0, 0.05) is 11.6 Å². The summed E-state index contributed by atoms with van der Waals surface area (Å²) in [6.07, 6.45) is 1.06. The lowest BCUT2D eigenvalue weighted by molar-refractivity contribution is 0.592. The lowest BCUT2D eigenvalue weighted by Gasteiger charge is -2.12. The van der Waals surface area contributed by atoms with Crippen molar-refractivity contribution in [2.75, 3.05) is 6.54 Å². The Bertz CT molecular complexity index is 542. The highest BCUT2D eigenvalue weighted by Gasteiger charge is 2.05. The Kier molecular flexibility index (Phi) is 5.57. The first-order valence-electron chi connectivity index (χ1n) is 6.86. The van der Waals surface area contributed by atoms with E-state index in [0.29, 0.717) is 17.5 Å². The maximum Gasteiger partial charge on any atom is 0.124 e. The summed E-state index contributed by atoms with van der Waals surface area (Å²) in [5, 5.41) is 3.84. The molecule has 2 aromatic rings. The van der Waals surface area contributed by atoms with Gasteiger partial charge in [0.25, 0.3) is 0 Å². The number of hydrogen-bond donors (Lipinski definition) is 1. The summed E-state index contributed by atoms with van der Waals surface area (Å²) < 4.78 is 12.9. The Morgan fingerprint density at radius 2 is 1.90 bits per heavy atom. The fourth-order valence-electron chi connectivity index (χ4n) is 2.15. The number of halogens is 2. The summed E-state index contributed by atoms with van der Waals surface area (Å²) in [6.45, 7) is 3.80. The molecule has 0 radical (unpaired) electrons. The molecule has 0 aliphatic carbocycles. The first-order valence-corrected chi connectivity index (χ1v) is 7.24. The van der Waals surface area contributed by atoms with Crippen LogP contribution in [0.25, 0.3) is 0 Å². The van der Waals surface area contributed by atoms with E-state index in [-0.39, 0.29) is 5.82 Å². The van der Waals surface area contributed by atoms with Gasteiger partial charge >= 0.3 is 0 Å². The van der Waals surface area contributed by atoms with Crippen LogP contribution < -0.4 is 5.32 Å². The van der Waals surface area contributed by atoms with Crippen molar-refractivity contribution >= 4 is 11.6 Å². The second-order valence-electron chi connectivity index (χ2n) is 5.01. The second-order valence-corrected chi connectivity index (χ2v) is 5.42. The molecule has 1 N–H and O–H groups in total. The van der Waals surface area contributed by atoms with E-state index >= 15 is 0 Å². The fourth-order valence-corrected chi connectivity index (χ4v) is 2.39. The van der Waals surface area contributed by atoms with E-state index in [0.717, 1.165) is 18.5 Å². The lowest BCUT2D eigenvalue weighted by Crippen LogP contribution is -2.16. The van der Waals surface area contributed by atoms with E-state index in [1.807, 2.05) is 6.07 Å². The van der Waals surface area contributed by atoms with Gasteiger partial charge in [-0.25, -0.2) is 4.39 Å².